The SMILES string of the molecule is COc1ccc(C2(c3ccc(C(C)=O)cc3)c3ccccc3-c3ccccc32)cc1. The number of hydrogen-bond donors (Lipinski definition) is 0. The maximum absolute atomic E-state index is 11.9. The fraction of sp³-hybridized carbons (Fsp3) is 0.107. The smallest absolute Gasteiger partial charge is 0.159 e. The summed E-state index contributed by atoms with van der Waals surface area (Å²) in [5, 5.41) is 0. The highest BCUT2D eigenvalue weighted by Gasteiger charge is 2.45. The molecule has 0 heterocycles. The van der Waals surface area contributed by atoms with Crippen molar-refractivity contribution in [3.63, 3.8) is 0 Å². The maximum Gasteiger partial charge on any atom is 0.159 e. The van der Waals surface area contributed by atoms with E-state index in [-0.39, 0.29) is 5.78 Å². The van der Waals surface area contributed by atoms with Crippen molar-refractivity contribution < 1.29 is 9.53 Å². The van der Waals surface area contributed by atoms with Gasteiger partial charge in [0.05, 0.1) is 12.5 Å². The quantitative estimate of drug-likeness (QED) is 0.339. The van der Waals surface area contributed by atoms with Crippen LogP contribution in [-0.4, -0.2) is 12.9 Å². The van der Waals surface area contributed by atoms with E-state index in [0.29, 0.717) is 0 Å². The molecule has 5 rings (SSSR count). The van der Waals surface area contributed by atoms with Gasteiger partial charge in [0.15, 0.2) is 5.78 Å². The van der Waals surface area contributed by atoms with Crippen LogP contribution in [0.3, 0.4) is 0 Å². The Balaban J connectivity index is 1.87. The molecule has 0 saturated heterocycles. The molecule has 0 bridgehead atoms. The van der Waals surface area contributed by atoms with Gasteiger partial charge >= 0.3 is 0 Å². The minimum Gasteiger partial charge on any atom is -0.497 e. The average Bonchev–Trinajstić information content (AvgIpc) is 3.11. The van der Waals surface area contributed by atoms with E-state index in [1.54, 1.807) is 14.0 Å². The molecule has 0 saturated carbocycles. The molecule has 0 N–H and O–H groups in total. The fourth-order valence-electron chi connectivity index (χ4n) is 4.82. The van der Waals surface area contributed by atoms with Crippen LogP contribution in [-0.2, 0) is 5.41 Å². The Morgan fingerprint density at radius 1 is 0.667 bits per heavy atom. The standard InChI is InChI=1S/C28H22O2/c1-19(29)20-11-13-21(14-12-20)28(22-15-17-23(30-2)18-16-22)26-9-5-3-7-24(26)25-8-4-6-10-27(25)28/h3-18H,1-2H3. The topological polar surface area (TPSA) is 26.3 Å². The van der Waals surface area contributed by atoms with E-state index in [9.17, 15) is 4.79 Å². The van der Waals surface area contributed by atoms with E-state index in [0.717, 1.165) is 16.9 Å². The highest BCUT2D eigenvalue weighted by molar-refractivity contribution is 5.94. The molecular weight excluding hydrogens is 368 g/mol. The third-order valence-corrected chi connectivity index (χ3v) is 6.20. The second-order valence-corrected chi connectivity index (χ2v) is 7.70. The Morgan fingerprint density at radius 3 is 1.60 bits per heavy atom. The van der Waals surface area contributed by atoms with Crippen LogP contribution in [0.1, 0.15) is 39.5 Å². The van der Waals surface area contributed by atoms with Crippen molar-refractivity contribution in [1.29, 1.82) is 0 Å². The molecule has 2 nitrogen and oxygen atoms in total. The van der Waals surface area contributed by atoms with E-state index in [4.69, 9.17) is 4.74 Å². The van der Waals surface area contributed by atoms with Crippen molar-refractivity contribution in [1.82, 2.24) is 0 Å². The average molecular weight is 390 g/mol. The number of methoxy groups -OCH3 is 1. The number of hydrogen-bond acceptors (Lipinski definition) is 2. The molecule has 4 aromatic carbocycles. The van der Waals surface area contributed by atoms with Gasteiger partial charge in [-0.05, 0) is 52.4 Å². The first-order chi connectivity index (χ1) is 14.7. The summed E-state index contributed by atoms with van der Waals surface area (Å²) in [6.07, 6.45) is 0. The summed E-state index contributed by atoms with van der Waals surface area (Å²) in [5.41, 5.74) is 7.61. The lowest BCUT2D eigenvalue weighted by Gasteiger charge is -2.34. The van der Waals surface area contributed by atoms with Crippen molar-refractivity contribution in [2.24, 2.45) is 0 Å². The summed E-state index contributed by atoms with van der Waals surface area (Å²) >= 11 is 0. The summed E-state index contributed by atoms with van der Waals surface area (Å²) in [6.45, 7) is 1.61. The molecule has 0 atom stereocenters. The van der Waals surface area contributed by atoms with Gasteiger partial charge in [-0.15, -0.1) is 0 Å². The molecular formula is C28H22O2. The van der Waals surface area contributed by atoms with Crippen LogP contribution in [0.2, 0.25) is 0 Å². The number of carbonyl (C=O) groups excluding carboxylic acids is 1. The maximum atomic E-state index is 11.9. The number of Topliss-reactive ketones (excluding diaryl/α,β-unsaturated/α-hetero) is 1. The molecule has 1 aliphatic rings. The van der Waals surface area contributed by atoms with Gasteiger partial charge in [0.1, 0.15) is 5.75 Å². The first-order valence-electron chi connectivity index (χ1n) is 10.1. The van der Waals surface area contributed by atoms with E-state index in [1.165, 1.54) is 27.8 Å². The molecule has 30 heavy (non-hydrogen) atoms. The predicted molar refractivity (Wildman–Crippen MR) is 120 cm³/mol. The molecule has 0 spiro atoms. The zero-order valence-electron chi connectivity index (χ0n) is 17.1. The molecule has 0 amide bonds. The second-order valence-electron chi connectivity index (χ2n) is 7.70. The number of benzene rings is 4. The van der Waals surface area contributed by atoms with Crippen molar-refractivity contribution in [3.8, 4) is 16.9 Å². The number of rotatable bonds is 4. The van der Waals surface area contributed by atoms with Crippen molar-refractivity contribution in [3.05, 3.63) is 125 Å². The molecule has 0 radical (unpaired) electrons. The predicted octanol–water partition coefficient (Wildman–Crippen LogP) is 6.26. The lowest BCUT2D eigenvalue weighted by atomic mass is 9.67. The summed E-state index contributed by atoms with van der Waals surface area (Å²) in [7, 11) is 1.69. The molecule has 0 fully saturated rings. The Kier molecular flexibility index (Phi) is 4.29. The summed E-state index contributed by atoms with van der Waals surface area (Å²) in [6, 6.07) is 33.6. The molecule has 0 aromatic heterocycles. The van der Waals surface area contributed by atoms with Crippen LogP contribution in [0, 0.1) is 0 Å². The van der Waals surface area contributed by atoms with Crippen LogP contribution in [0.15, 0.2) is 97.1 Å². The Bertz CT molecular complexity index is 1190. The van der Waals surface area contributed by atoms with Crippen molar-refractivity contribution >= 4 is 5.78 Å². The van der Waals surface area contributed by atoms with Gasteiger partial charge in [0.2, 0.25) is 0 Å². The third-order valence-electron chi connectivity index (χ3n) is 6.20. The minimum atomic E-state index is -0.450. The normalized spacial score (nSPS) is 13.4. The van der Waals surface area contributed by atoms with Gasteiger partial charge in [-0.2, -0.15) is 0 Å². The van der Waals surface area contributed by atoms with Crippen LogP contribution < -0.4 is 4.74 Å². The first kappa shape index (κ1) is 18.4. The van der Waals surface area contributed by atoms with E-state index in [2.05, 4.69) is 72.8 Å². The molecule has 0 aliphatic heterocycles. The van der Waals surface area contributed by atoms with Crippen LogP contribution in [0.25, 0.3) is 11.1 Å². The number of carbonyl (C=O) groups is 1. The largest absolute Gasteiger partial charge is 0.497 e. The Morgan fingerprint density at radius 2 is 1.13 bits per heavy atom. The van der Waals surface area contributed by atoms with Gasteiger partial charge in [-0.3, -0.25) is 4.79 Å². The van der Waals surface area contributed by atoms with Gasteiger partial charge in [0, 0.05) is 5.56 Å². The molecule has 1 aliphatic carbocycles. The van der Waals surface area contributed by atoms with Crippen LogP contribution in [0.4, 0.5) is 0 Å². The van der Waals surface area contributed by atoms with Crippen LogP contribution in [0.5, 0.6) is 5.75 Å². The number of fused-ring (bicyclic) bond motifs is 3. The highest BCUT2D eigenvalue weighted by Crippen LogP contribution is 2.56. The fourth-order valence-corrected chi connectivity index (χ4v) is 4.82. The zero-order chi connectivity index (χ0) is 20.7. The highest BCUT2D eigenvalue weighted by atomic mass is 16.5. The molecule has 4 aromatic rings. The van der Waals surface area contributed by atoms with Gasteiger partial charge in [-0.1, -0.05) is 84.9 Å². The molecule has 146 valence electrons. The van der Waals surface area contributed by atoms with Gasteiger partial charge in [-0.25, -0.2) is 0 Å². The lowest BCUT2D eigenvalue weighted by Crippen LogP contribution is -2.28. The molecule has 0 unspecified atom stereocenters. The molecule has 2 heteroatoms. The first-order valence-corrected chi connectivity index (χ1v) is 10.1. The van der Waals surface area contributed by atoms with E-state index < -0.39 is 5.41 Å². The van der Waals surface area contributed by atoms with Crippen molar-refractivity contribution in [2.45, 2.75) is 12.3 Å². The Hall–Kier alpha value is -3.65. The second kappa shape index (κ2) is 7.00. The Labute approximate surface area is 176 Å². The minimum absolute atomic E-state index is 0.0762. The van der Waals surface area contributed by atoms with Crippen molar-refractivity contribution in [2.75, 3.05) is 7.11 Å². The summed E-state index contributed by atoms with van der Waals surface area (Å²) < 4.78 is 5.41. The lowest BCUT2D eigenvalue weighted by molar-refractivity contribution is 0.101. The number of ketones is 1. The summed E-state index contributed by atoms with van der Waals surface area (Å²) in [4.78, 5) is 11.9. The van der Waals surface area contributed by atoms with E-state index in [1.807, 2.05) is 24.3 Å². The van der Waals surface area contributed by atoms with Gasteiger partial charge in [0.25, 0.3) is 0 Å². The number of ether oxygens (including phenoxy) is 1. The van der Waals surface area contributed by atoms with Gasteiger partial charge < -0.3 is 4.74 Å². The summed E-state index contributed by atoms with van der Waals surface area (Å²) in [5.74, 6) is 0.910. The monoisotopic (exact) mass is 390 g/mol. The van der Waals surface area contributed by atoms with Crippen LogP contribution >= 0.6 is 0 Å². The van der Waals surface area contributed by atoms with E-state index >= 15 is 0 Å². The third kappa shape index (κ3) is 2.54. The zero-order valence-corrected chi connectivity index (χ0v) is 17.1.